The molecule has 108 valence electrons. The molecule has 1 amide bonds. The minimum absolute atomic E-state index is 0.0902. The molecule has 6 nitrogen and oxygen atoms in total. The highest BCUT2D eigenvalue weighted by Crippen LogP contribution is 2.26. The van der Waals surface area contributed by atoms with Crippen molar-refractivity contribution in [2.75, 3.05) is 13.1 Å². The molecule has 2 rings (SSSR count). The molecule has 0 spiro atoms. The van der Waals surface area contributed by atoms with Crippen molar-refractivity contribution in [1.82, 2.24) is 4.90 Å². The number of nitro groups is 1. The first kappa shape index (κ1) is 14.7. The lowest BCUT2D eigenvalue weighted by atomic mass is 9.97. The molecule has 1 aromatic rings. The molecule has 1 heterocycles. The number of likely N-dealkylation sites (tertiary alicyclic amines) is 1. The van der Waals surface area contributed by atoms with Crippen LogP contribution in [-0.2, 0) is 11.3 Å². The Bertz CT molecular complexity index is 536. The van der Waals surface area contributed by atoms with E-state index in [-0.39, 0.29) is 22.5 Å². The van der Waals surface area contributed by atoms with Crippen molar-refractivity contribution in [2.24, 2.45) is 11.7 Å². The van der Waals surface area contributed by atoms with Crippen molar-refractivity contribution in [3.05, 3.63) is 38.9 Å². The summed E-state index contributed by atoms with van der Waals surface area (Å²) in [4.78, 5) is 23.7. The molecule has 1 unspecified atom stereocenters. The van der Waals surface area contributed by atoms with Crippen molar-refractivity contribution in [1.29, 1.82) is 0 Å². The van der Waals surface area contributed by atoms with E-state index in [0.29, 0.717) is 13.1 Å². The van der Waals surface area contributed by atoms with Crippen molar-refractivity contribution >= 4 is 23.2 Å². The van der Waals surface area contributed by atoms with Gasteiger partial charge < -0.3 is 5.73 Å². The highest BCUT2D eigenvalue weighted by Gasteiger charge is 2.24. The molecule has 0 saturated carbocycles. The van der Waals surface area contributed by atoms with Crippen LogP contribution >= 0.6 is 11.6 Å². The van der Waals surface area contributed by atoms with Crippen LogP contribution in [0.1, 0.15) is 18.4 Å². The average Bonchev–Trinajstić information content (AvgIpc) is 2.41. The first-order valence-corrected chi connectivity index (χ1v) is 6.79. The molecule has 0 aliphatic carbocycles. The number of nitro benzene ring substituents is 1. The molecule has 1 fully saturated rings. The molecule has 1 aliphatic rings. The topological polar surface area (TPSA) is 89.5 Å². The Kier molecular flexibility index (Phi) is 4.57. The number of piperidine rings is 1. The number of carbonyl (C=O) groups is 1. The Labute approximate surface area is 121 Å². The van der Waals surface area contributed by atoms with Crippen LogP contribution in [-0.4, -0.2) is 28.8 Å². The zero-order valence-electron chi connectivity index (χ0n) is 10.9. The van der Waals surface area contributed by atoms with Gasteiger partial charge in [-0.25, -0.2) is 0 Å². The Morgan fingerprint density at radius 1 is 1.55 bits per heavy atom. The number of primary amides is 1. The second-order valence-electron chi connectivity index (χ2n) is 5.02. The van der Waals surface area contributed by atoms with Gasteiger partial charge in [0, 0.05) is 19.2 Å². The molecular formula is C13H16ClN3O3. The van der Waals surface area contributed by atoms with Crippen LogP contribution in [0.2, 0.25) is 5.02 Å². The third-order valence-corrected chi connectivity index (χ3v) is 3.84. The number of amides is 1. The van der Waals surface area contributed by atoms with Gasteiger partial charge in [0.2, 0.25) is 5.91 Å². The summed E-state index contributed by atoms with van der Waals surface area (Å²) in [6.45, 7) is 2.02. The van der Waals surface area contributed by atoms with E-state index in [2.05, 4.69) is 4.90 Å². The monoisotopic (exact) mass is 297 g/mol. The summed E-state index contributed by atoms with van der Waals surface area (Å²) in [6, 6.07) is 4.78. The van der Waals surface area contributed by atoms with Crippen LogP contribution in [0.4, 0.5) is 5.69 Å². The maximum absolute atomic E-state index is 11.2. The molecule has 1 aromatic carbocycles. The Morgan fingerprint density at radius 2 is 2.30 bits per heavy atom. The lowest BCUT2D eigenvalue weighted by Gasteiger charge is -2.31. The van der Waals surface area contributed by atoms with Gasteiger partial charge in [-0.2, -0.15) is 0 Å². The fraction of sp³-hybridized carbons (Fsp3) is 0.462. The third-order valence-electron chi connectivity index (χ3n) is 3.52. The van der Waals surface area contributed by atoms with Gasteiger partial charge in [-0.1, -0.05) is 17.7 Å². The van der Waals surface area contributed by atoms with E-state index in [0.717, 1.165) is 24.9 Å². The fourth-order valence-electron chi connectivity index (χ4n) is 2.49. The highest BCUT2D eigenvalue weighted by atomic mass is 35.5. The number of hydrogen-bond donors (Lipinski definition) is 1. The smallest absolute Gasteiger partial charge is 0.288 e. The standard InChI is InChI=1S/C13H16ClN3O3/c14-11-4-3-9(6-12(11)17(19)20)7-16-5-1-2-10(8-16)13(15)18/h3-4,6,10H,1-2,5,7-8H2,(H2,15,18). The van der Waals surface area contributed by atoms with Crippen LogP contribution in [0.5, 0.6) is 0 Å². The van der Waals surface area contributed by atoms with Gasteiger partial charge in [0.05, 0.1) is 10.8 Å². The number of nitrogens with two attached hydrogens (primary N) is 1. The first-order chi connectivity index (χ1) is 9.47. The van der Waals surface area contributed by atoms with Crippen molar-refractivity contribution in [3.8, 4) is 0 Å². The molecule has 1 saturated heterocycles. The largest absolute Gasteiger partial charge is 0.369 e. The van der Waals surface area contributed by atoms with Crippen LogP contribution in [0, 0.1) is 16.0 Å². The molecule has 20 heavy (non-hydrogen) atoms. The second-order valence-corrected chi connectivity index (χ2v) is 5.43. The number of nitrogens with zero attached hydrogens (tertiary/aromatic N) is 2. The normalized spacial score (nSPS) is 19.8. The molecular weight excluding hydrogens is 282 g/mol. The second kappa shape index (κ2) is 6.19. The van der Waals surface area contributed by atoms with Crippen LogP contribution in [0.25, 0.3) is 0 Å². The minimum atomic E-state index is -0.492. The maximum atomic E-state index is 11.2. The number of hydrogen-bond acceptors (Lipinski definition) is 4. The van der Waals surface area contributed by atoms with Crippen LogP contribution < -0.4 is 5.73 Å². The highest BCUT2D eigenvalue weighted by molar-refractivity contribution is 6.32. The minimum Gasteiger partial charge on any atom is -0.369 e. The Hall–Kier alpha value is -1.66. The summed E-state index contributed by atoms with van der Waals surface area (Å²) in [5.41, 5.74) is 6.06. The third kappa shape index (κ3) is 3.46. The van der Waals surface area contributed by atoms with Crippen LogP contribution in [0.3, 0.4) is 0 Å². The molecule has 7 heteroatoms. The van der Waals surface area contributed by atoms with Gasteiger partial charge in [0.15, 0.2) is 0 Å². The summed E-state index contributed by atoms with van der Waals surface area (Å²) in [5.74, 6) is -0.414. The number of benzene rings is 1. The predicted molar refractivity (Wildman–Crippen MR) is 75.3 cm³/mol. The maximum Gasteiger partial charge on any atom is 0.288 e. The van der Waals surface area contributed by atoms with Gasteiger partial charge >= 0.3 is 0 Å². The van der Waals surface area contributed by atoms with E-state index < -0.39 is 4.92 Å². The van der Waals surface area contributed by atoms with Crippen LogP contribution in [0.15, 0.2) is 18.2 Å². The number of halogens is 1. The molecule has 1 aliphatic heterocycles. The van der Waals surface area contributed by atoms with Gasteiger partial charge in [-0.15, -0.1) is 0 Å². The summed E-state index contributed by atoms with van der Waals surface area (Å²) in [7, 11) is 0. The van der Waals surface area contributed by atoms with Crippen molar-refractivity contribution in [2.45, 2.75) is 19.4 Å². The lowest BCUT2D eigenvalue weighted by Crippen LogP contribution is -2.40. The summed E-state index contributed by atoms with van der Waals surface area (Å²) >= 11 is 5.78. The van der Waals surface area contributed by atoms with Gasteiger partial charge in [-0.05, 0) is 31.0 Å². The van der Waals surface area contributed by atoms with Gasteiger partial charge in [-0.3, -0.25) is 19.8 Å². The van der Waals surface area contributed by atoms with E-state index >= 15 is 0 Å². The van der Waals surface area contributed by atoms with E-state index in [1.807, 2.05) is 0 Å². The fourth-order valence-corrected chi connectivity index (χ4v) is 2.67. The lowest BCUT2D eigenvalue weighted by molar-refractivity contribution is -0.384. The zero-order valence-corrected chi connectivity index (χ0v) is 11.7. The summed E-state index contributed by atoms with van der Waals surface area (Å²) in [5, 5.41) is 11.0. The quantitative estimate of drug-likeness (QED) is 0.679. The van der Waals surface area contributed by atoms with E-state index in [4.69, 9.17) is 17.3 Å². The zero-order chi connectivity index (χ0) is 14.7. The van der Waals surface area contributed by atoms with Crippen molar-refractivity contribution < 1.29 is 9.72 Å². The SMILES string of the molecule is NC(=O)C1CCCN(Cc2ccc(Cl)c([N+](=O)[O-])c2)C1. The number of carbonyl (C=O) groups excluding carboxylic acids is 1. The number of rotatable bonds is 4. The molecule has 1 atom stereocenters. The molecule has 0 aromatic heterocycles. The summed E-state index contributed by atoms with van der Waals surface area (Å²) in [6.07, 6.45) is 1.72. The molecule has 2 N–H and O–H groups in total. The van der Waals surface area contributed by atoms with Crippen molar-refractivity contribution in [3.63, 3.8) is 0 Å². The van der Waals surface area contributed by atoms with E-state index in [1.54, 1.807) is 6.07 Å². The predicted octanol–water partition coefficient (Wildman–Crippen LogP) is 1.95. The molecule has 0 bridgehead atoms. The average molecular weight is 298 g/mol. The van der Waals surface area contributed by atoms with E-state index in [1.165, 1.54) is 12.1 Å². The summed E-state index contributed by atoms with van der Waals surface area (Å²) < 4.78 is 0. The Morgan fingerprint density at radius 3 is 2.95 bits per heavy atom. The first-order valence-electron chi connectivity index (χ1n) is 6.42. The Balaban J connectivity index is 2.08. The van der Waals surface area contributed by atoms with Gasteiger partial charge in [0.1, 0.15) is 5.02 Å². The van der Waals surface area contributed by atoms with Gasteiger partial charge in [0.25, 0.3) is 5.69 Å². The van der Waals surface area contributed by atoms with E-state index in [9.17, 15) is 14.9 Å². The molecule has 0 radical (unpaired) electrons.